The number of nitrogens with zero attached hydrogens (tertiary/aromatic N) is 1. The highest BCUT2D eigenvalue weighted by Gasteiger charge is 2.19. The molecule has 1 heterocycles. The zero-order valence-electron chi connectivity index (χ0n) is 8.88. The average molecular weight is 195 g/mol. The van der Waals surface area contributed by atoms with Crippen molar-refractivity contribution >= 4 is 0 Å². The summed E-state index contributed by atoms with van der Waals surface area (Å²) in [6.45, 7) is 4.02. The van der Waals surface area contributed by atoms with Crippen molar-refractivity contribution in [1.29, 1.82) is 0 Å². The molecule has 3 nitrogen and oxygen atoms in total. The van der Waals surface area contributed by atoms with Gasteiger partial charge in [-0.2, -0.15) is 0 Å². The van der Waals surface area contributed by atoms with E-state index in [-0.39, 0.29) is 6.10 Å². The van der Waals surface area contributed by atoms with Crippen LogP contribution < -0.4 is 4.74 Å². The number of hydrogen-bond donors (Lipinski definition) is 0. The normalized spacial score (nSPS) is 16.5. The van der Waals surface area contributed by atoms with E-state index < -0.39 is 0 Å². The van der Waals surface area contributed by atoms with Crippen molar-refractivity contribution in [3.63, 3.8) is 0 Å². The largest absolute Gasteiger partial charge is 0.473 e. The summed E-state index contributed by atoms with van der Waals surface area (Å²) in [5, 5.41) is 3.98. The van der Waals surface area contributed by atoms with Gasteiger partial charge >= 0.3 is 0 Å². The van der Waals surface area contributed by atoms with Gasteiger partial charge in [-0.05, 0) is 38.3 Å². The summed E-state index contributed by atoms with van der Waals surface area (Å²) in [5.74, 6) is 1.76. The zero-order chi connectivity index (χ0) is 9.97. The van der Waals surface area contributed by atoms with Crippen LogP contribution in [0.2, 0.25) is 0 Å². The SMILES string of the molecule is CC(C)Oc1noc2c1CCCCC2. The Morgan fingerprint density at radius 3 is 2.79 bits per heavy atom. The van der Waals surface area contributed by atoms with Gasteiger partial charge in [-0.3, -0.25) is 0 Å². The lowest BCUT2D eigenvalue weighted by Gasteiger charge is -2.07. The second-order valence-electron chi connectivity index (χ2n) is 4.12. The summed E-state index contributed by atoms with van der Waals surface area (Å²) < 4.78 is 10.9. The third-order valence-electron chi connectivity index (χ3n) is 2.51. The van der Waals surface area contributed by atoms with Gasteiger partial charge in [0.2, 0.25) is 0 Å². The van der Waals surface area contributed by atoms with Crippen LogP contribution in [0.5, 0.6) is 5.88 Å². The molecule has 0 aliphatic heterocycles. The van der Waals surface area contributed by atoms with Crippen LogP contribution in [0, 0.1) is 0 Å². The minimum absolute atomic E-state index is 0.174. The fraction of sp³-hybridized carbons (Fsp3) is 0.727. The van der Waals surface area contributed by atoms with Gasteiger partial charge in [0, 0.05) is 6.42 Å². The number of aryl methyl sites for hydroxylation is 1. The first-order valence-electron chi connectivity index (χ1n) is 5.41. The Hall–Kier alpha value is -0.990. The van der Waals surface area contributed by atoms with Gasteiger partial charge in [0.1, 0.15) is 5.76 Å². The fourth-order valence-electron chi connectivity index (χ4n) is 1.85. The first-order valence-corrected chi connectivity index (χ1v) is 5.41. The van der Waals surface area contributed by atoms with Crippen LogP contribution >= 0.6 is 0 Å². The molecule has 3 heteroatoms. The lowest BCUT2D eigenvalue weighted by molar-refractivity contribution is 0.215. The Labute approximate surface area is 84.4 Å². The van der Waals surface area contributed by atoms with E-state index in [1.165, 1.54) is 24.8 Å². The monoisotopic (exact) mass is 195 g/mol. The van der Waals surface area contributed by atoms with Crippen LogP contribution in [0.4, 0.5) is 0 Å². The minimum atomic E-state index is 0.174. The lowest BCUT2D eigenvalue weighted by Crippen LogP contribution is -2.07. The van der Waals surface area contributed by atoms with Gasteiger partial charge in [-0.15, -0.1) is 0 Å². The topological polar surface area (TPSA) is 35.3 Å². The van der Waals surface area contributed by atoms with E-state index in [9.17, 15) is 0 Å². The highest BCUT2D eigenvalue weighted by atomic mass is 16.5. The number of ether oxygens (including phenoxy) is 1. The first-order chi connectivity index (χ1) is 6.77. The van der Waals surface area contributed by atoms with Gasteiger partial charge in [-0.25, -0.2) is 0 Å². The van der Waals surface area contributed by atoms with E-state index >= 15 is 0 Å². The molecule has 0 unspecified atom stereocenters. The maximum atomic E-state index is 5.60. The zero-order valence-corrected chi connectivity index (χ0v) is 8.88. The molecule has 14 heavy (non-hydrogen) atoms. The molecule has 2 rings (SSSR count). The summed E-state index contributed by atoms with van der Waals surface area (Å²) in [4.78, 5) is 0. The number of fused-ring (bicyclic) bond motifs is 1. The predicted octanol–water partition coefficient (Wildman–Crippen LogP) is 2.73. The fourth-order valence-corrected chi connectivity index (χ4v) is 1.85. The first kappa shape index (κ1) is 9.56. The van der Waals surface area contributed by atoms with Crippen molar-refractivity contribution in [3.05, 3.63) is 11.3 Å². The second-order valence-corrected chi connectivity index (χ2v) is 4.12. The van der Waals surface area contributed by atoms with E-state index in [4.69, 9.17) is 9.26 Å². The number of aromatic nitrogens is 1. The van der Waals surface area contributed by atoms with Crippen LogP contribution in [-0.2, 0) is 12.8 Å². The lowest BCUT2D eigenvalue weighted by atomic mass is 10.1. The van der Waals surface area contributed by atoms with E-state index in [0.717, 1.165) is 24.5 Å². The van der Waals surface area contributed by atoms with E-state index in [2.05, 4.69) is 5.16 Å². The summed E-state index contributed by atoms with van der Waals surface area (Å²) >= 11 is 0. The predicted molar refractivity (Wildman–Crippen MR) is 53.5 cm³/mol. The smallest absolute Gasteiger partial charge is 0.257 e. The van der Waals surface area contributed by atoms with Crippen LogP contribution in [0.1, 0.15) is 44.4 Å². The molecule has 1 aliphatic rings. The molecular weight excluding hydrogens is 178 g/mol. The number of hydrogen-bond acceptors (Lipinski definition) is 3. The van der Waals surface area contributed by atoms with Gasteiger partial charge in [0.15, 0.2) is 0 Å². The number of rotatable bonds is 2. The Morgan fingerprint density at radius 2 is 2.00 bits per heavy atom. The van der Waals surface area contributed by atoms with Crippen molar-refractivity contribution in [3.8, 4) is 5.88 Å². The molecule has 1 aromatic heterocycles. The molecule has 0 radical (unpaired) electrons. The molecule has 78 valence electrons. The molecule has 0 atom stereocenters. The second kappa shape index (κ2) is 4.03. The molecule has 0 spiro atoms. The molecule has 1 aromatic rings. The standard InChI is InChI=1S/C11H17NO2/c1-8(2)13-11-9-6-4-3-5-7-10(9)14-12-11/h8H,3-7H2,1-2H3. The maximum Gasteiger partial charge on any atom is 0.257 e. The van der Waals surface area contributed by atoms with Gasteiger partial charge in [-0.1, -0.05) is 6.42 Å². The Balaban J connectivity index is 2.20. The van der Waals surface area contributed by atoms with E-state index in [1.54, 1.807) is 0 Å². The van der Waals surface area contributed by atoms with Gasteiger partial charge in [0.05, 0.1) is 11.7 Å². The average Bonchev–Trinajstić information content (AvgIpc) is 2.37. The van der Waals surface area contributed by atoms with Crippen LogP contribution in [-0.4, -0.2) is 11.3 Å². The van der Waals surface area contributed by atoms with Gasteiger partial charge in [0.25, 0.3) is 5.88 Å². The molecule has 1 aliphatic carbocycles. The minimum Gasteiger partial charge on any atom is -0.473 e. The third-order valence-corrected chi connectivity index (χ3v) is 2.51. The molecule has 0 fully saturated rings. The summed E-state index contributed by atoms with van der Waals surface area (Å²) in [6, 6.07) is 0. The van der Waals surface area contributed by atoms with Crippen molar-refractivity contribution in [1.82, 2.24) is 5.16 Å². The molecule has 0 saturated carbocycles. The van der Waals surface area contributed by atoms with E-state index in [1.807, 2.05) is 13.8 Å². The maximum absolute atomic E-state index is 5.60. The molecule has 0 amide bonds. The Morgan fingerprint density at radius 1 is 1.21 bits per heavy atom. The van der Waals surface area contributed by atoms with Crippen molar-refractivity contribution in [2.75, 3.05) is 0 Å². The molecule has 0 N–H and O–H groups in total. The molecular formula is C11H17NO2. The quantitative estimate of drug-likeness (QED) is 0.680. The summed E-state index contributed by atoms with van der Waals surface area (Å²) in [7, 11) is 0. The van der Waals surface area contributed by atoms with Gasteiger partial charge < -0.3 is 9.26 Å². The third kappa shape index (κ3) is 1.91. The van der Waals surface area contributed by atoms with Crippen LogP contribution in [0.15, 0.2) is 4.52 Å². The Kier molecular flexibility index (Phi) is 2.75. The van der Waals surface area contributed by atoms with Crippen LogP contribution in [0.3, 0.4) is 0 Å². The summed E-state index contributed by atoms with van der Waals surface area (Å²) in [5.41, 5.74) is 1.20. The molecule has 0 saturated heterocycles. The van der Waals surface area contributed by atoms with Crippen molar-refractivity contribution in [2.24, 2.45) is 0 Å². The highest BCUT2D eigenvalue weighted by molar-refractivity contribution is 5.29. The summed E-state index contributed by atoms with van der Waals surface area (Å²) in [6.07, 6.45) is 5.97. The molecule has 0 aromatic carbocycles. The van der Waals surface area contributed by atoms with E-state index in [0.29, 0.717) is 0 Å². The van der Waals surface area contributed by atoms with Crippen molar-refractivity contribution in [2.45, 2.75) is 52.1 Å². The Bertz CT molecular complexity index is 304. The molecule has 0 bridgehead atoms. The van der Waals surface area contributed by atoms with Crippen molar-refractivity contribution < 1.29 is 9.26 Å². The van der Waals surface area contributed by atoms with Crippen LogP contribution in [0.25, 0.3) is 0 Å². The highest BCUT2D eigenvalue weighted by Crippen LogP contribution is 2.28.